The van der Waals surface area contributed by atoms with Crippen molar-refractivity contribution in [2.45, 2.75) is 10.3 Å². The van der Waals surface area contributed by atoms with Gasteiger partial charge < -0.3 is 19.5 Å². The maximum Gasteiger partial charge on any atom is 0.288 e. The van der Waals surface area contributed by atoms with Crippen LogP contribution in [0.5, 0.6) is 0 Å². The van der Waals surface area contributed by atoms with E-state index in [0.717, 1.165) is 0 Å². The number of furan rings is 1. The lowest BCUT2D eigenvalue weighted by Crippen LogP contribution is -2.57. The molecule has 0 radical (unpaired) electrons. The number of hydrogen-bond donors (Lipinski definition) is 1. The van der Waals surface area contributed by atoms with Crippen LogP contribution in [0.2, 0.25) is 0 Å². The van der Waals surface area contributed by atoms with E-state index in [1.165, 1.54) is 76.7 Å². The van der Waals surface area contributed by atoms with Crippen molar-refractivity contribution in [3.63, 3.8) is 0 Å². The van der Waals surface area contributed by atoms with Gasteiger partial charge in [-0.15, -0.1) is 0 Å². The van der Waals surface area contributed by atoms with E-state index < -0.39 is 31.9 Å². The van der Waals surface area contributed by atoms with Gasteiger partial charge in [-0.1, -0.05) is 18.2 Å². The number of carbonyl (C=O) groups is 3. The minimum Gasteiger partial charge on any atom is -0.459 e. The molecule has 37 heavy (non-hydrogen) atoms. The first-order chi connectivity index (χ1) is 17.7. The predicted molar refractivity (Wildman–Crippen MR) is 129 cm³/mol. The smallest absolute Gasteiger partial charge is 0.288 e. The molecule has 1 saturated heterocycles. The molecule has 3 amide bonds. The van der Waals surface area contributed by atoms with Crippen LogP contribution in [0.3, 0.4) is 0 Å². The van der Waals surface area contributed by atoms with Gasteiger partial charge in [0.25, 0.3) is 23.4 Å². The molecule has 3 aromatic rings. The van der Waals surface area contributed by atoms with E-state index in [1.54, 1.807) is 6.07 Å². The number of amides is 3. The van der Waals surface area contributed by atoms with Crippen LogP contribution in [-0.2, 0) is 14.6 Å². The van der Waals surface area contributed by atoms with Crippen LogP contribution in [0.1, 0.15) is 20.9 Å². The van der Waals surface area contributed by atoms with Crippen molar-refractivity contribution in [3.8, 4) is 0 Å². The first-order valence-corrected chi connectivity index (χ1v) is 12.7. The first-order valence-electron chi connectivity index (χ1n) is 11.1. The molecule has 0 bridgehead atoms. The lowest BCUT2D eigenvalue weighted by atomic mass is 10.1. The number of carbonyl (C=O) groups excluding carboxylic acids is 3. The monoisotopic (exact) mass is 526 g/mol. The zero-order valence-electron chi connectivity index (χ0n) is 19.3. The molecule has 4 rings (SSSR count). The van der Waals surface area contributed by atoms with Crippen LogP contribution in [0.25, 0.3) is 0 Å². The Hall–Kier alpha value is -4.52. The molecule has 0 spiro atoms. The van der Waals surface area contributed by atoms with E-state index in [1.807, 2.05) is 0 Å². The third-order valence-corrected chi connectivity index (χ3v) is 7.69. The van der Waals surface area contributed by atoms with Gasteiger partial charge >= 0.3 is 0 Å². The highest BCUT2D eigenvalue weighted by molar-refractivity contribution is 7.92. The molecule has 1 aliphatic heterocycles. The number of hydrogen-bond acceptors (Lipinski definition) is 8. The Morgan fingerprint density at radius 1 is 0.892 bits per heavy atom. The summed E-state index contributed by atoms with van der Waals surface area (Å²) in [6.45, 7) is 0.252. The SMILES string of the molecule is O=C(NC(C(=O)N1CCN(C(=O)c2ccc([N+](=O)[O-])cc2)CC1)S(=O)(=O)c1ccccc1)c1ccco1. The highest BCUT2D eigenvalue weighted by atomic mass is 32.2. The summed E-state index contributed by atoms with van der Waals surface area (Å²) < 4.78 is 31.7. The average Bonchev–Trinajstić information content (AvgIpc) is 3.47. The lowest BCUT2D eigenvalue weighted by molar-refractivity contribution is -0.384. The lowest BCUT2D eigenvalue weighted by Gasteiger charge is -2.36. The quantitative estimate of drug-likeness (QED) is 0.360. The fourth-order valence-electron chi connectivity index (χ4n) is 3.82. The second-order valence-electron chi connectivity index (χ2n) is 8.11. The van der Waals surface area contributed by atoms with Crippen molar-refractivity contribution in [3.05, 3.63) is 94.4 Å². The molecule has 12 nitrogen and oxygen atoms in total. The molecule has 192 valence electrons. The van der Waals surface area contributed by atoms with Crippen molar-refractivity contribution < 1.29 is 32.1 Å². The Kier molecular flexibility index (Phi) is 7.34. The maximum absolute atomic E-state index is 13.4. The van der Waals surface area contributed by atoms with Crippen LogP contribution in [-0.4, -0.2) is 72.4 Å². The van der Waals surface area contributed by atoms with Gasteiger partial charge in [0, 0.05) is 43.9 Å². The van der Waals surface area contributed by atoms with Gasteiger partial charge in [0.05, 0.1) is 16.1 Å². The normalized spacial score (nSPS) is 14.6. The van der Waals surface area contributed by atoms with E-state index in [0.29, 0.717) is 0 Å². The second kappa shape index (κ2) is 10.6. The van der Waals surface area contributed by atoms with Gasteiger partial charge in [0.1, 0.15) is 0 Å². The van der Waals surface area contributed by atoms with E-state index in [4.69, 9.17) is 4.42 Å². The van der Waals surface area contributed by atoms with Gasteiger partial charge in [-0.2, -0.15) is 0 Å². The van der Waals surface area contributed by atoms with Gasteiger partial charge in [-0.05, 0) is 36.4 Å². The van der Waals surface area contributed by atoms with Crippen LogP contribution in [0.15, 0.2) is 82.3 Å². The number of nitrogens with zero attached hydrogens (tertiary/aromatic N) is 3. The molecular formula is C24H22N4O8S. The molecule has 1 atom stereocenters. The summed E-state index contributed by atoms with van der Waals surface area (Å²) in [5.74, 6) is -2.23. The van der Waals surface area contributed by atoms with E-state index >= 15 is 0 Å². The summed E-state index contributed by atoms with van der Waals surface area (Å²) in [5.41, 5.74) is 0.106. The number of non-ortho nitro benzene ring substituents is 1. The molecule has 1 aromatic heterocycles. The van der Waals surface area contributed by atoms with Crippen molar-refractivity contribution in [1.29, 1.82) is 0 Å². The molecular weight excluding hydrogens is 504 g/mol. The zero-order valence-corrected chi connectivity index (χ0v) is 20.2. The summed E-state index contributed by atoms with van der Waals surface area (Å²) >= 11 is 0. The Morgan fingerprint density at radius 3 is 2.08 bits per heavy atom. The Balaban J connectivity index is 1.50. The van der Waals surface area contributed by atoms with Gasteiger partial charge in [-0.25, -0.2) is 8.42 Å². The zero-order chi connectivity index (χ0) is 26.6. The number of rotatable bonds is 7. The predicted octanol–water partition coefficient (Wildman–Crippen LogP) is 1.70. The molecule has 1 unspecified atom stereocenters. The Bertz CT molecular complexity index is 1400. The topological polar surface area (TPSA) is 160 Å². The first kappa shape index (κ1) is 25.6. The minimum atomic E-state index is -4.32. The van der Waals surface area contributed by atoms with Crippen LogP contribution in [0, 0.1) is 10.1 Å². The summed E-state index contributed by atoms with van der Waals surface area (Å²) in [6.07, 6.45) is 1.25. The molecule has 0 saturated carbocycles. The highest BCUT2D eigenvalue weighted by Crippen LogP contribution is 2.19. The van der Waals surface area contributed by atoms with Crippen molar-refractivity contribution in [2.75, 3.05) is 26.2 Å². The number of nitro groups is 1. The van der Waals surface area contributed by atoms with Gasteiger partial charge in [0.15, 0.2) is 5.76 Å². The highest BCUT2D eigenvalue weighted by Gasteiger charge is 2.40. The largest absolute Gasteiger partial charge is 0.459 e. The second-order valence-corrected chi connectivity index (χ2v) is 10.1. The van der Waals surface area contributed by atoms with Crippen molar-refractivity contribution in [1.82, 2.24) is 15.1 Å². The number of nitro benzene ring substituents is 1. The maximum atomic E-state index is 13.4. The van der Waals surface area contributed by atoms with Gasteiger partial charge in [0.2, 0.25) is 15.2 Å². The number of benzene rings is 2. The van der Waals surface area contributed by atoms with Crippen LogP contribution in [0.4, 0.5) is 5.69 Å². The standard InChI is InChI=1S/C24H22N4O8S/c29-21(20-7-4-16-36-20)25-22(37(34,35)19-5-2-1-3-6-19)24(31)27-14-12-26(13-15-27)23(30)17-8-10-18(11-9-17)28(32)33/h1-11,16,22H,12-15H2,(H,25,29). The fraction of sp³-hybridized carbons (Fsp3) is 0.208. The molecule has 2 aromatic carbocycles. The Morgan fingerprint density at radius 2 is 1.51 bits per heavy atom. The summed E-state index contributed by atoms with van der Waals surface area (Å²) in [6, 6.07) is 15.3. The summed E-state index contributed by atoms with van der Waals surface area (Å²) in [4.78, 5) is 51.7. The molecule has 13 heteroatoms. The van der Waals surface area contributed by atoms with E-state index in [-0.39, 0.29) is 54.0 Å². The van der Waals surface area contributed by atoms with Crippen molar-refractivity contribution >= 4 is 33.2 Å². The Labute approximate surface area is 211 Å². The molecule has 0 aliphatic carbocycles. The summed E-state index contributed by atoms with van der Waals surface area (Å²) in [7, 11) is -4.32. The minimum absolute atomic E-state index is 0.0228. The summed E-state index contributed by atoms with van der Waals surface area (Å²) in [5, 5.41) is 11.2. The van der Waals surface area contributed by atoms with E-state index in [2.05, 4.69) is 5.32 Å². The third-order valence-electron chi connectivity index (χ3n) is 5.82. The van der Waals surface area contributed by atoms with Crippen LogP contribution < -0.4 is 5.32 Å². The molecule has 1 N–H and O–H groups in total. The number of piperazine rings is 1. The van der Waals surface area contributed by atoms with Crippen molar-refractivity contribution in [2.24, 2.45) is 0 Å². The molecule has 1 fully saturated rings. The number of sulfone groups is 1. The fourth-order valence-corrected chi connectivity index (χ4v) is 5.31. The van der Waals surface area contributed by atoms with Gasteiger partial charge in [-0.3, -0.25) is 24.5 Å². The average molecular weight is 527 g/mol. The molecule has 1 aliphatic rings. The van der Waals surface area contributed by atoms with Crippen LogP contribution >= 0.6 is 0 Å². The third kappa shape index (κ3) is 5.51. The van der Waals surface area contributed by atoms with E-state index in [9.17, 15) is 32.9 Å². The number of nitrogens with one attached hydrogen (secondary N) is 1. The molecule has 2 heterocycles.